The highest BCUT2D eigenvalue weighted by Gasteiger charge is 2.26. The van der Waals surface area contributed by atoms with E-state index in [0.717, 1.165) is 47.2 Å². The highest BCUT2D eigenvalue weighted by molar-refractivity contribution is 6.34. The smallest absolute Gasteiger partial charge is 0.256 e. The van der Waals surface area contributed by atoms with E-state index in [-0.39, 0.29) is 17.7 Å². The Bertz CT molecular complexity index is 1080. The summed E-state index contributed by atoms with van der Waals surface area (Å²) in [5, 5.41) is 9.43. The van der Waals surface area contributed by atoms with Gasteiger partial charge in [-0.05, 0) is 87.7 Å². The number of fused-ring (bicyclic) bond motifs is 1. The number of amides is 2. The van der Waals surface area contributed by atoms with Crippen molar-refractivity contribution in [1.82, 2.24) is 15.6 Å². The van der Waals surface area contributed by atoms with Gasteiger partial charge in [-0.3, -0.25) is 9.59 Å². The van der Waals surface area contributed by atoms with Gasteiger partial charge in [-0.25, -0.2) is 0 Å². The maximum atomic E-state index is 12.8. The standard InChI is InChI=1S/C28H38N4O2/c1-17(12-26(33)30-16-21-9-7-8-20(13-21)15-29-4)27-18(2)25(31-19(27)3)14-23-22-10-5-6-11-24(22)32-28(23)34/h5-6,10-11,14,17,20-21,29,31H,7-9,12-13,15-16H2,1-4H3,(H,30,33)(H,32,34). The summed E-state index contributed by atoms with van der Waals surface area (Å²) in [6.07, 6.45) is 7.35. The van der Waals surface area contributed by atoms with Gasteiger partial charge in [0.25, 0.3) is 5.91 Å². The first-order valence-electron chi connectivity index (χ1n) is 12.6. The number of hydrogen-bond acceptors (Lipinski definition) is 3. The number of benzene rings is 1. The number of aryl methyl sites for hydroxylation is 1. The summed E-state index contributed by atoms with van der Waals surface area (Å²) in [6, 6.07) is 7.75. The summed E-state index contributed by atoms with van der Waals surface area (Å²) >= 11 is 0. The third kappa shape index (κ3) is 5.27. The first-order chi connectivity index (χ1) is 16.4. The van der Waals surface area contributed by atoms with E-state index in [9.17, 15) is 9.59 Å². The van der Waals surface area contributed by atoms with Gasteiger partial charge in [0.05, 0.1) is 5.57 Å². The zero-order chi connectivity index (χ0) is 24.2. The first kappa shape index (κ1) is 24.3. The summed E-state index contributed by atoms with van der Waals surface area (Å²) in [4.78, 5) is 28.7. The summed E-state index contributed by atoms with van der Waals surface area (Å²) in [7, 11) is 2.01. The van der Waals surface area contributed by atoms with Crippen molar-refractivity contribution in [2.45, 2.75) is 58.8 Å². The molecule has 0 radical (unpaired) electrons. The average Bonchev–Trinajstić information content (AvgIpc) is 3.28. The maximum Gasteiger partial charge on any atom is 0.256 e. The Morgan fingerprint density at radius 1 is 1.18 bits per heavy atom. The van der Waals surface area contributed by atoms with Crippen LogP contribution in [-0.4, -0.2) is 36.9 Å². The molecule has 2 amide bonds. The van der Waals surface area contributed by atoms with Gasteiger partial charge in [-0.2, -0.15) is 0 Å². The van der Waals surface area contributed by atoms with E-state index in [1.165, 1.54) is 31.2 Å². The molecule has 0 spiro atoms. The zero-order valence-electron chi connectivity index (χ0n) is 20.9. The molecule has 182 valence electrons. The second-order valence-electron chi connectivity index (χ2n) is 10.1. The molecular formula is C28H38N4O2. The Kier molecular flexibility index (Phi) is 7.57. The van der Waals surface area contributed by atoms with Gasteiger partial charge in [-0.15, -0.1) is 0 Å². The quantitative estimate of drug-likeness (QED) is 0.427. The van der Waals surface area contributed by atoms with E-state index in [1.807, 2.05) is 44.3 Å². The predicted octanol–water partition coefficient (Wildman–Crippen LogP) is 4.76. The fraction of sp³-hybridized carbons (Fsp3) is 0.500. The minimum Gasteiger partial charge on any atom is -0.359 e. The molecule has 3 unspecified atom stereocenters. The van der Waals surface area contributed by atoms with Crippen LogP contribution in [0.2, 0.25) is 0 Å². The monoisotopic (exact) mass is 462 g/mol. The molecule has 1 saturated carbocycles. The highest BCUT2D eigenvalue weighted by Crippen LogP contribution is 2.35. The van der Waals surface area contributed by atoms with Gasteiger partial charge in [-0.1, -0.05) is 31.5 Å². The largest absolute Gasteiger partial charge is 0.359 e. The van der Waals surface area contributed by atoms with E-state index in [1.54, 1.807) is 0 Å². The molecule has 1 fully saturated rings. The molecule has 3 atom stereocenters. The van der Waals surface area contributed by atoms with Crippen molar-refractivity contribution in [3.05, 3.63) is 52.3 Å². The van der Waals surface area contributed by atoms with Crippen molar-refractivity contribution >= 4 is 29.2 Å². The number of carbonyl (C=O) groups excluding carboxylic acids is 2. The van der Waals surface area contributed by atoms with Crippen LogP contribution in [0.25, 0.3) is 11.6 Å². The number of H-pyrrole nitrogens is 1. The van der Waals surface area contributed by atoms with Crippen LogP contribution < -0.4 is 16.0 Å². The number of aromatic nitrogens is 1. The van der Waals surface area contributed by atoms with Crippen LogP contribution >= 0.6 is 0 Å². The van der Waals surface area contributed by atoms with Crippen molar-refractivity contribution in [1.29, 1.82) is 0 Å². The summed E-state index contributed by atoms with van der Waals surface area (Å²) in [6.45, 7) is 8.08. The van der Waals surface area contributed by atoms with Crippen molar-refractivity contribution in [2.24, 2.45) is 11.8 Å². The van der Waals surface area contributed by atoms with Gasteiger partial charge >= 0.3 is 0 Å². The summed E-state index contributed by atoms with van der Waals surface area (Å²) in [5.74, 6) is 1.44. The number of nitrogens with one attached hydrogen (secondary N) is 4. The molecule has 0 saturated heterocycles. The lowest BCUT2D eigenvalue weighted by molar-refractivity contribution is -0.121. The second-order valence-corrected chi connectivity index (χ2v) is 10.1. The van der Waals surface area contributed by atoms with Crippen LogP contribution in [0, 0.1) is 25.7 Å². The maximum absolute atomic E-state index is 12.8. The zero-order valence-corrected chi connectivity index (χ0v) is 20.9. The van der Waals surface area contributed by atoms with Crippen molar-refractivity contribution in [2.75, 3.05) is 25.5 Å². The average molecular weight is 463 g/mol. The normalized spacial score (nSPS) is 21.9. The Morgan fingerprint density at radius 3 is 2.68 bits per heavy atom. The van der Waals surface area contributed by atoms with Gasteiger partial charge in [0.1, 0.15) is 0 Å². The lowest BCUT2D eigenvalue weighted by Crippen LogP contribution is -2.34. The lowest BCUT2D eigenvalue weighted by atomic mass is 9.81. The molecular weight excluding hydrogens is 424 g/mol. The van der Waals surface area contributed by atoms with E-state index in [4.69, 9.17) is 0 Å². The highest BCUT2D eigenvalue weighted by atomic mass is 16.2. The molecule has 0 bridgehead atoms. The molecule has 1 aliphatic heterocycles. The number of para-hydroxylation sites is 1. The Morgan fingerprint density at radius 2 is 1.91 bits per heavy atom. The molecule has 6 heteroatoms. The van der Waals surface area contributed by atoms with E-state index in [0.29, 0.717) is 17.9 Å². The summed E-state index contributed by atoms with van der Waals surface area (Å²) < 4.78 is 0. The van der Waals surface area contributed by atoms with Crippen LogP contribution in [0.15, 0.2) is 24.3 Å². The van der Waals surface area contributed by atoms with Crippen LogP contribution in [0.3, 0.4) is 0 Å². The van der Waals surface area contributed by atoms with Gasteiger partial charge < -0.3 is 20.9 Å². The molecule has 6 nitrogen and oxygen atoms in total. The predicted molar refractivity (Wildman–Crippen MR) is 139 cm³/mol. The number of carbonyl (C=O) groups is 2. The van der Waals surface area contributed by atoms with Crippen LogP contribution in [-0.2, 0) is 9.59 Å². The number of hydrogen-bond donors (Lipinski definition) is 4. The van der Waals surface area contributed by atoms with Crippen molar-refractivity contribution in [3.8, 4) is 0 Å². The van der Waals surface area contributed by atoms with Gasteiger partial charge in [0.2, 0.25) is 5.91 Å². The minimum absolute atomic E-state index is 0.0819. The Labute approximate surface area is 203 Å². The molecule has 34 heavy (non-hydrogen) atoms. The fourth-order valence-corrected chi connectivity index (χ4v) is 5.87. The molecule has 2 aromatic rings. The Hall–Kier alpha value is -2.86. The number of anilines is 1. The molecule has 1 aromatic heterocycles. The van der Waals surface area contributed by atoms with Crippen LogP contribution in [0.5, 0.6) is 0 Å². The number of aromatic amines is 1. The molecule has 2 heterocycles. The number of rotatable bonds is 8. The molecule has 4 N–H and O–H groups in total. The third-order valence-corrected chi connectivity index (χ3v) is 7.49. The third-order valence-electron chi connectivity index (χ3n) is 7.49. The second kappa shape index (κ2) is 10.6. The van der Waals surface area contributed by atoms with Crippen LogP contribution in [0.4, 0.5) is 5.69 Å². The van der Waals surface area contributed by atoms with Gasteiger partial charge in [0, 0.05) is 35.6 Å². The van der Waals surface area contributed by atoms with Crippen LogP contribution in [0.1, 0.15) is 73.0 Å². The topological polar surface area (TPSA) is 86.0 Å². The van der Waals surface area contributed by atoms with E-state index >= 15 is 0 Å². The minimum atomic E-state index is -0.0819. The Balaban J connectivity index is 1.40. The lowest BCUT2D eigenvalue weighted by Gasteiger charge is -2.29. The SMILES string of the molecule is CNCC1CCCC(CNC(=O)CC(C)c2c(C)[nH]c(C=C3C(=O)Nc4ccccc43)c2C)C1. The van der Waals surface area contributed by atoms with E-state index in [2.05, 4.69) is 34.8 Å². The van der Waals surface area contributed by atoms with E-state index < -0.39 is 0 Å². The molecule has 1 aromatic carbocycles. The summed E-state index contributed by atoms with van der Waals surface area (Å²) in [5.41, 5.74) is 6.69. The van der Waals surface area contributed by atoms with Crippen molar-refractivity contribution < 1.29 is 9.59 Å². The molecule has 2 aliphatic rings. The molecule has 1 aliphatic carbocycles. The van der Waals surface area contributed by atoms with Gasteiger partial charge in [0.15, 0.2) is 0 Å². The van der Waals surface area contributed by atoms with Crippen molar-refractivity contribution in [3.63, 3.8) is 0 Å². The fourth-order valence-electron chi connectivity index (χ4n) is 5.87. The molecule has 4 rings (SSSR count). The first-order valence-corrected chi connectivity index (χ1v) is 12.6.